The van der Waals surface area contributed by atoms with Gasteiger partial charge in [-0.05, 0) is 26.3 Å². The van der Waals surface area contributed by atoms with E-state index in [1.807, 2.05) is 39.0 Å². The molecule has 1 fully saturated rings. The first-order valence-electron chi connectivity index (χ1n) is 7.05. The minimum absolute atomic E-state index is 0.268. The highest BCUT2D eigenvalue weighted by atomic mass is 16.6. The lowest BCUT2D eigenvalue weighted by molar-refractivity contribution is -0.174. The first-order chi connectivity index (χ1) is 9.44. The van der Waals surface area contributed by atoms with Crippen molar-refractivity contribution in [2.45, 2.75) is 39.0 Å². The van der Waals surface area contributed by atoms with Crippen LogP contribution in [0, 0.1) is 0 Å². The van der Waals surface area contributed by atoms with E-state index in [0.29, 0.717) is 13.2 Å². The van der Waals surface area contributed by atoms with Gasteiger partial charge in [0.15, 0.2) is 6.10 Å². The van der Waals surface area contributed by atoms with E-state index in [0.717, 1.165) is 13.1 Å². The third-order valence-electron chi connectivity index (χ3n) is 3.07. The van der Waals surface area contributed by atoms with E-state index in [-0.39, 0.29) is 5.97 Å². The summed E-state index contributed by atoms with van der Waals surface area (Å²) in [5, 5.41) is 0. The molecule has 0 aliphatic carbocycles. The monoisotopic (exact) mass is 277 g/mol. The number of benzene rings is 1. The Balaban J connectivity index is 1.90. The summed E-state index contributed by atoms with van der Waals surface area (Å²) in [6, 6.07) is 10.3. The molecule has 20 heavy (non-hydrogen) atoms. The molecule has 1 aromatic carbocycles. The van der Waals surface area contributed by atoms with E-state index >= 15 is 0 Å². The first kappa shape index (κ1) is 15.0. The van der Waals surface area contributed by atoms with Crippen LogP contribution in [-0.2, 0) is 20.8 Å². The van der Waals surface area contributed by atoms with Gasteiger partial charge in [0, 0.05) is 19.6 Å². The summed E-state index contributed by atoms with van der Waals surface area (Å²) >= 11 is 0. The van der Waals surface area contributed by atoms with Crippen LogP contribution < -0.4 is 0 Å². The van der Waals surface area contributed by atoms with E-state index < -0.39 is 11.7 Å². The summed E-state index contributed by atoms with van der Waals surface area (Å²) in [7, 11) is 0. The molecule has 110 valence electrons. The van der Waals surface area contributed by atoms with Crippen LogP contribution in [0.1, 0.15) is 26.3 Å². The Morgan fingerprint density at radius 3 is 2.70 bits per heavy atom. The lowest BCUT2D eigenvalue weighted by atomic mass is 10.1. The van der Waals surface area contributed by atoms with Crippen molar-refractivity contribution in [3.05, 3.63) is 35.9 Å². The fraction of sp³-hybridized carbons (Fsp3) is 0.562. The molecule has 0 amide bonds. The SMILES string of the molecule is CC(C)(C)OC(=O)[C@@H]1CN(Cc2ccccc2)CCO1. The van der Waals surface area contributed by atoms with Gasteiger partial charge in [0.25, 0.3) is 0 Å². The average Bonchev–Trinajstić information content (AvgIpc) is 2.38. The highest BCUT2D eigenvalue weighted by Crippen LogP contribution is 2.15. The van der Waals surface area contributed by atoms with Gasteiger partial charge in [-0.1, -0.05) is 30.3 Å². The van der Waals surface area contributed by atoms with E-state index in [1.54, 1.807) is 0 Å². The molecular formula is C16H23NO3. The smallest absolute Gasteiger partial charge is 0.337 e. The zero-order chi connectivity index (χ0) is 14.6. The normalized spacial score (nSPS) is 20.6. The van der Waals surface area contributed by atoms with Gasteiger partial charge in [-0.2, -0.15) is 0 Å². The van der Waals surface area contributed by atoms with Gasteiger partial charge in [0.05, 0.1) is 6.61 Å². The zero-order valence-corrected chi connectivity index (χ0v) is 12.5. The molecule has 0 unspecified atom stereocenters. The Hall–Kier alpha value is -1.39. The molecule has 1 aromatic rings. The molecule has 0 aromatic heterocycles. The van der Waals surface area contributed by atoms with Crippen LogP contribution in [0.4, 0.5) is 0 Å². The minimum Gasteiger partial charge on any atom is -0.458 e. The number of carbonyl (C=O) groups excluding carboxylic acids is 1. The van der Waals surface area contributed by atoms with Crippen LogP contribution in [0.15, 0.2) is 30.3 Å². The van der Waals surface area contributed by atoms with Gasteiger partial charge in [0.2, 0.25) is 0 Å². The van der Waals surface area contributed by atoms with E-state index in [9.17, 15) is 4.79 Å². The maximum absolute atomic E-state index is 12.0. The van der Waals surface area contributed by atoms with Crippen LogP contribution in [0.2, 0.25) is 0 Å². The zero-order valence-electron chi connectivity index (χ0n) is 12.5. The summed E-state index contributed by atoms with van der Waals surface area (Å²) in [6.45, 7) is 8.44. The molecule has 0 bridgehead atoms. The van der Waals surface area contributed by atoms with Crippen molar-refractivity contribution in [2.75, 3.05) is 19.7 Å². The summed E-state index contributed by atoms with van der Waals surface area (Å²) in [4.78, 5) is 14.3. The second-order valence-corrected chi connectivity index (χ2v) is 6.11. The molecule has 0 N–H and O–H groups in total. The van der Waals surface area contributed by atoms with Crippen molar-refractivity contribution in [2.24, 2.45) is 0 Å². The van der Waals surface area contributed by atoms with E-state index in [4.69, 9.17) is 9.47 Å². The third kappa shape index (κ3) is 4.62. The standard InChI is InChI=1S/C16H23NO3/c1-16(2,3)20-15(18)14-12-17(9-10-19-14)11-13-7-5-4-6-8-13/h4-8,14H,9-12H2,1-3H3/t14-/m0/s1. The topological polar surface area (TPSA) is 38.8 Å². The number of morpholine rings is 1. The fourth-order valence-electron chi connectivity index (χ4n) is 2.20. The molecule has 2 rings (SSSR count). The molecule has 4 nitrogen and oxygen atoms in total. The lowest BCUT2D eigenvalue weighted by Crippen LogP contribution is -2.47. The molecular weight excluding hydrogens is 254 g/mol. The Labute approximate surface area is 120 Å². The van der Waals surface area contributed by atoms with E-state index in [2.05, 4.69) is 17.0 Å². The second-order valence-electron chi connectivity index (χ2n) is 6.11. The first-order valence-corrected chi connectivity index (χ1v) is 7.05. The third-order valence-corrected chi connectivity index (χ3v) is 3.07. The Kier molecular flexibility index (Phi) is 4.78. The van der Waals surface area contributed by atoms with Crippen molar-refractivity contribution in [3.8, 4) is 0 Å². The Morgan fingerprint density at radius 2 is 2.05 bits per heavy atom. The van der Waals surface area contributed by atoms with Crippen LogP contribution in [-0.4, -0.2) is 42.3 Å². The van der Waals surface area contributed by atoms with Gasteiger partial charge < -0.3 is 9.47 Å². The number of hydrogen-bond donors (Lipinski definition) is 0. The minimum atomic E-state index is -0.480. The average molecular weight is 277 g/mol. The largest absolute Gasteiger partial charge is 0.458 e. The van der Waals surface area contributed by atoms with Gasteiger partial charge in [-0.25, -0.2) is 4.79 Å². The summed E-state index contributed by atoms with van der Waals surface area (Å²) in [5.74, 6) is -0.268. The predicted molar refractivity (Wildman–Crippen MR) is 77.3 cm³/mol. The van der Waals surface area contributed by atoms with Crippen LogP contribution >= 0.6 is 0 Å². The number of rotatable bonds is 3. The summed E-state index contributed by atoms with van der Waals surface area (Å²) in [5.41, 5.74) is 0.777. The van der Waals surface area contributed by atoms with Crippen molar-refractivity contribution in [1.82, 2.24) is 4.90 Å². The van der Waals surface area contributed by atoms with Crippen LogP contribution in [0.25, 0.3) is 0 Å². The number of hydrogen-bond acceptors (Lipinski definition) is 4. The molecule has 0 spiro atoms. The predicted octanol–water partition coefficient (Wildman–Crippen LogP) is 2.23. The van der Waals surface area contributed by atoms with Gasteiger partial charge in [-0.3, -0.25) is 4.90 Å². The van der Waals surface area contributed by atoms with Gasteiger partial charge in [-0.15, -0.1) is 0 Å². The Bertz CT molecular complexity index is 439. The van der Waals surface area contributed by atoms with Crippen LogP contribution in [0.3, 0.4) is 0 Å². The molecule has 1 aliphatic rings. The number of nitrogens with zero attached hydrogens (tertiary/aromatic N) is 1. The van der Waals surface area contributed by atoms with Crippen molar-refractivity contribution in [1.29, 1.82) is 0 Å². The lowest BCUT2D eigenvalue weighted by Gasteiger charge is -2.33. The highest BCUT2D eigenvalue weighted by molar-refractivity contribution is 5.75. The second kappa shape index (κ2) is 6.37. The molecule has 0 radical (unpaired) electrons. The molecule has 4 heteroatoms. The molecule has 1 aliphatic heterocycles. The van der Waals surface area contributed by atoms with Crippen LogP contribution in [0.5, 0.6) is 0 Å². The fourth-order valence-corrected chi connectivity index (χ4v) is 2.20. The van der Waals surface area contributed by atoms with E-state index in [1.165, 1.54) is 5.56 Å². The van der Waals surface area contributed by atoms with Crippen molar-refractivity contribution < 1.29 is 14.3 Å². The summed E-state index contributed by atoms with van der Waals surface area (Å²) in [6.07, 6.45) is -0.480. The number of ether oxygens (including phenoxy) is 2. The highest BCUT2D eigenvalue weighted by Gasteiger charge is 2.30. The molecule has 1 saturated heterocycles. The molecule has 1 heterocycles. The quantitative estimate of drug-likeness (QED) is 0.794. The van der Waals surface area contributed by atoms with Gasteiger partial charge >= 0.3 is 5.97 Å². The van der Waals surface area contributed by atoms with Crippen molar-refractivity contribution in [3.63, 3.8) is 0 Å². The molecule has 1 atom stereocenters. The molecule has 0 saturated carbocycles. The Morgan fingerprint density at radius 1 is 1.35 bits per heavy atom. The maximum atomic E-state index is 12.0. The number of esters is 1. The van der Waals surface area contributed by atoms with Gasteiger partial charge in [0.1, 0.15) is 5.60 Å². The van der Waals surface area contributed by atoms with Crippen molar-refractivity contribution >= 4 is 5.97 Å². The summed E-state index contributed by atoms with van der Waals surface area (Å²) < 4.78 is 10.9. The number of carbonyl (C=O) groups is 1. The maximum Gasteiger partial charge on any atom is 0.337 e.